The molecule has 0 aliphatic carbocycles. The van der Waals surface area contributed by atoms with Crippen LogP contribution in [0.2, 0.25) is 5.02 Å². The maximum atomic E-state index is 12.1. The van der Waals surface area contributed by atoms with Gasteiger partial charge in [0.2, 0.25) is 0 Å². The molecule has 0 saturated carbocycles. The Morgan fingerprint density at radius 3 is 2.67 bits per heavy atom. The molecule has 30 heavy (non-hydrogen) atoms. The Morgan fingerprint density at radius 1 is 1.10 bits per heavy atom. The Bertz CT molecular complexity index is 1050. The highest BCUT2D eigenvalue weighted by molar-refractivity contribution is 6.30. The second-order valence-electron chi connectivity index (χ2n) is 6.48. The van der Waals surface area contributed by atoms with E-state index in [1.165, 1.54) is 11.0 Å². The molecule has 0 radical (unpaired) electrons. The molecule has 0 aliphatic rings. The van der Waals surface area contributed by atoms with E-state index in [1.807, 2.05) is 30.3 Å². The molecular weight excluding hydrogens is 404 g/mol. The Hall–Kier alpha value is -3.38. The molecule has 0 atom stereocenters. The first-order chi connectivity index (χ1) is 14.5. The van der Waals surface area contributed by atoms with Crippen molar-refractivity contribution in [2.45, 2.75) is 0 Å². The quantitative estimate of drug-likeness (QED) is 0.404. The van der Waals surface area contributed by atoms with Gasteiger partial charge in [-0.25, -0.2) is 4.79 Å². The van der Waals surface area contributed by atoms with Crippen LogP contribution in [0.4, 0.5) is 0 Å². The van der Waals surface area contributed by atoms with Crippen LogP contribution < -0.4 is 4.74 Å². The molecule has 1 heterocycles. The minimum atomic E-state index is -0.595. The molecule has 0 saturated heterocycles. The van der Waals surface area contributed by atoms with Gasteiger partial charge < -0.3 is 14.4 Å². The van der Waals surface area contributed by atoms with Gasteiger partial charge in [0.15, 0.2) is 6.61 Å². The Labute approximate surface area is 179 Å². The van der Waals surface area contributed by atoms with Gasteiger partial charge in [0, 0.05) is 35.3 Å². The zero-order valence-corrected chi connectivity index (χ0v) is 17.2. The van der Waals surface area contributed by atoms with E-state index in [1.54, 1.807) is 43.6 Å². The zero-order valence-electron chi connectivity index (χ0n) is 16.5. The lowest BCUT2D eigenvalue weighted by Gasteiger charge is -2.17. The van der Waals surface area contributed by atoms with E-state index < -0.39 is 5.97 Å². The van der Waals surface area contributed by atoms with Crippen LogP contribution in [-0.2, 0) is 14.3 Å². The van der Waals surface area contributed by atoms with Crippen LogP contribution in [0.25, 0.3) is 17.0 Å². The molecule has 0 bridgehead atoms. The lowest BCUT2D eigenvalue weighted by molar-refractivity contribution is -0.147. The predicted molar refractivity (Wildman–Crippen MR) is 116 cm³/mol. The van der Waals surface area contributed by atoms with E-state index in [4.69, 9.17) is 21.1 Å². The molecule has 0 aliphatic heterocycles. The highest BCUT2D eigenvalue weighted by atomic mass is 35.5. The van der Waals surface area contributed by atoms with E-state index in [2.05, 4.69) is 4.98 Å². The largest absolute Gasteiger partial charge is 0.492 e. The summed E-state index contributed by atoms with van der Waals surface area (Å²) in [5.74, 6) is -0.245. The van der Waals surface area contributed by atoms with Gasteiger partial charge >= 0.3 is 5.97 Å². The van der Waals surface area contributed by atoms with Crippen molar-refractivity contribution in [2.75, 3.05) is 26.8 Å². The fourth-order valence-electron chi connectivity index (χ4n) is 2.67. The summed E-state index contributed by atoms with van der Waals surface area (Å²) in [6.07, 6.45) is 4.62. The molecule has 0 N–H and O–H groups in total. The molecule has 3 aromatic rings. The van der Waals surface area contributed by atoms with Gasteiger partial charge in [0.1, 0.15) is 12.4 Å². The number of pyridine rings is 1. The zero-order chi connectivity index (χ0) is 21.3. The first-order valence-electron chi connectivity index (χ1n) is 9.34. The van der Waals surface area contributed by atoms with Crippen LogP contribution in [0, 0.1) is 0 Å². The fourth-order valence-corrected chi connectivity index (χ4v) is 2.79. The van der Waals surface area contributed by atoms with Crippen LogP contribution >= 0.6 is 11.6 Å². The Kier molecular flexibility index (Phi) is 7.40. The summed E-state index contributed by atoms with van der Waals surface area (Å²) >= 11 is 5.82. The third-order valence-corrected chi connectivity index (χ3v) is 4.59. The van der Waals surface area contributed by atoms with Crippen LogP contribution in [0.15, 0.2) is 66.9 Å². The van der Waals surface area contributed by atoms with Crippen molar-refractivity contribution in [3.05, 3.63) is 77.5 Å². The van der Waals surface area contributed by atoms with Gasteiger partial charge in [0.25, 0.3) is 5.91 Å². The van der Waals surface area contributed by atoms with Crippen molar-refractivity contribution in [1.29, 1.82) is 0 Å². The summed E-state index contributed by atoms with van der Waals surface area (Å²) in [5.41, 5.74) is 1.59. The number of rotatable bonds is 8. The minimum absolute atomic E-state index is 0.311. The normalized spacial score (nSPS) is 10.9. The third-order valence-electron chi connectivity index (χ3n) is 4.34. The molecule has 1 aromatic heterocycles. The molecule has 154 valence electrons. The van der Waals surface area contributed by atoms with Crippen LogP contribution in [-0.4, -0.2) is 48.6 Å². The molecule has 0 spiro atoms. The number of carbonyl (C=O) groups excluding carboxylic acids is 2. The summed E-state index contributed by atoms with van der Waals surface area (Å²) in [6.45, 7) is 0.330. The molecule has 3 rings (SSSR count). The second-order valence-corrected chi connectivity index (χ2v) is 6.92. The molecule has 6 nitrogen and oxygen atoms in total. The minimum Gasteiger partial charge on any atom is -0.492 e. The number of fused-ring (bicyclic) bond motifs is 1. The van der Waals surface area contributed by atoms with Gasteiger partial charge in [-0.2, -0.15) is 0 Å². The second kappa shape index (κ2) is 10.4. The number of halogens is 1. The first kappa shape index (κ1) is 21.3. The van der Waals surface area contributed by atoms with E-state index in [-0.39, 0.29) is 12.5 Å². The smallest absolute Gasteiger partial charge is 0.331 e. The van der Waals surface area contributed by atoms with Crippen molar-refractivity contribution >= 4 is 40.5 Å². The lowest BCUT2D eigenvalue weighted by atomic mass is 10.1. The molecule has 7 heteroatoms. The highest BCUT2D eigenvalue weighted by Crippen LogP contribution is 2.17. The third kappa shape index (κ3) is 6.06. The van der Waals surface area contributed by atoms with Crippen molar-refractivity contribution in [3.8, 4) is 5.75 Å². The van der Waals surface area contributed by atoms with E-state index in [0.29, 0.717) is 23.9 Å². The van der Waals surface area contributed by atoms with Gasteiger partial charge in [-0.05, 0) is 36.4 Å². The summed E-state index contributed by atoms with van der Waals surface area (Å²) < 4.78 is 10.6. The number of nitrogens with zero attached hydrogens (tertiary/aromatic N) is 2. The highest BCUT2D eigenvalue weighted by Gasteiger charge is 2.11. The van der Waals surface area contributed by atoms with Crippen molar-refractivity contribution < 1.29 is 19.1 Å². The van der Waals surface area contributed by atoms with E-state index in [9.17, 15) is 9.59 Å². The number of para-hydroxylation sites is 1. The summed E-state index contributed by atoms with van der Waals surface area (Å²) in [6, 6.07) is 16.5. The molecule has 0 fully saturated rings. The molecule has 2 aromatic carbocycles. The van der Waals surface area contributed by atoms with Gasteiger partial charge in [-0.15, -0.1) is 0 Å². The van der Waals surface area contributed by atoms with E-state index in [0.717, 1.165) is 16.5 Å². The molecule has 0 unspecified atom stereocenters. The van der Waals surface area contributed by atoms with Crippen molar-refractivity contribution in [2.24, 2.45) is 0 Å². The number of hydrogen-bond donors (Lipinski definition) is 0. The van der Waals surface area contributed by atoms with Crippen LogP contribution in [0.3, 0.4) is 0 Å². The summed E-state index contributed by atoms with van der Waals surface area (Å²) in [4.78, 5) is 29.9. The number of benzene rings is 2. The average molecular weight is 425 g/mol. The number of carbonyl (C=O) groups is 2. The standard InChI is InChI=1S/C23H21ClN2O4/c1-26(14-15-29-20-10-8-19(24)9-11-20)21(27)16-30-22(28)12-7-18-5-2-4-17-6-3-13-25-23(17)18/h2-13H,14-16H2,1H3. The number of aromatic nitrogens is 1. The Morgan fingerprint density at radius 2 is 1.87 bits per heavy atom. The number of hydrogen-bond acceptors (Lipinski definition) is 5. The maximum absolute atomic E-state index is 12.1. The average Bonchev–Trinajstić information content (AvgIpc) is 2.77. The fraction of sp³-hybridized carbons (Fsp3) is 0.174. The topological polar surface area (TPSA) is 68.7 Å². The predicted octanol–water partition coefficient (Wildman–Crippen LogP) is 3.98. The van der Waals surface area contributed by atoms with Crippen LogP contribution in [0.5, 0.6) is 5.75 Å². The van der Waals surface area contributed by atoms with E-state index >= 15 is 0 Å². The van der Waals surface area contributed by atoms with Crippen molar-refractivity contribution in [3.63, 3.8) is 0 Å². The summed E-state index contributed by atoms with van der Waals surface area (Å²) in [5, 5.41) is 1.60. The number of esters is 1. The number of ether oxygens (including phenoxy) is 2. The van der Waals surface area contributed by atoms with Gasteiger partial charge in [-0.3, -0.25) is 9.78 Å². The molecule has 1 amide bonds. The maximum Gasteiger partial charge on any atom is 0.331 e. The monoisotopic (exact) mass is 424 g/mol. The van der Waals surface area contributed by atoms with Crippen molar-refractivity contribution in [1.82, 2.24) is 9.88 Å². The number of likely N-dealkylation sites (N-methyl/N-ethyl adjacent to an activating group) is 1. The molecular formula is C23H21ClN2O4. The number of amides is 1. The van der Waals surface area contributed by atoms with Gasteiger partial charge in [0.05, 0.1) is 12.1 Å². The SMILES string of the molecule is CN(CCOc1ccc(Cl)cc1)C(=O)COC(=O)C=Cc1cccc2cccnc12. The Balaban J connectivity index is 1.43. The van der Waals surface area contributed by atoms with Gasteiger partial charge in [-0.1, -0.05) is 35.9 Å². The summed E-state index contributed by atoms with van der Waals surface area (Å²) in [7, 11) is 1.62. The first-order valence-corrected chi connectivity index (χ1v) is 9.71. The van der Waals surface area contributed by atoms with Crippen LogP contribution in [0.1, 0.15) is 5.56 Å². The lowest BCUT2D eigenvalue weighted by Crippen LogP contribution is -2.34.